The second-order valence-corrected chi connectivity index (χ2v) is 24.9. The van der Waals surface area contributed by atoms with Gasteiger partial charge in [0.2, 0.25) is 5.91 Å². The molecule has 0 aliphatic heterocycles. The summed E-state index contributed by atoms with van der Waals surface area (Å²) in [5.41, 5.74) is 0. The van der Waals surface area contributed by atoms with Crippen molar-refractivity contribution in [2.45, 2.75) is 418 Å². The number of amides is 1. The molecule has 0 saturated heterocycles. The summed E-state index contributed by atoms with van der Waals surface area (Å²) >= 11 is 0. The molecule has 0 bridgehead atoms. The highest BCUT2D eigenvalue weighted by molar-refractivity contribution is 5.76. The third-order valence-corrected chi connectivity index (χ3v) is 17.0. The molecule has 0 spiro atoms. The van der Waals surface area contributed by atoms with Gasteiger partial charge in [-0.15, -0.1) is 0 Å². The fourth-order valence-corrected chi connectivity index (χ4v) is 11.5. The Labute approximate surface area is 494 Å². The Morgan fingerprint density at radius 3 is 0.899 bits per heavy atom. The quantitative estimate of drug-likeness (QED) is 0.0320. The number of hydrogen-bond acceptors (Lipinski definition) is 5. The van der Waals surface area contributed by atoms with E-state index < -0.39 is 12.1 Å². The summed E-state index contributed by atoms with van der Waals surface area (Å²) in [6.45, 7) is 4.94. The maximum Gasteiger partial charge on any atom is 0.305 e. The predicted octanol–water partition coefficient (Wildman–Crippen LogP) is 23.3. The van der Waals surface area contributed by atoms with Crippen LogP contribution in [0.1, 0.15) is 406 Å². The molecule has 0 aromatic carbocycles. The van der Waals surface area contributed by atoms with Crippen molar-refractivity contribution in [2.24, 2.45) is 0 Å². The lowest BCUT2D eigenvalue weighted by Crippen LogP contribution is -2.45. The summed E-state index contributed by atoms with van der Waals surface area (Å²) in [5.74, 6) is -0.0425. The summed E-state index contributed by atoms with van der Waals surface area (Å²) in [6, 6.07) is -0.626. The number of nitrogens with one attached hydrogen (secondary N) is 1. The van der Waals surface area contributed by atoms with Crippen LogP contribution >= 0.6 is 0 Å². The summed E-state index contributed by atoms with van der Waals surface area (Å²) < 4.78 is 5.51. The Hall–Kier alpha value is -1.66. The van der Waals surface area contributed by atoms with Gasteiger partial charge < -0.3 is 20.3 Å². The zero-order valence-corrected chi connectivity index (χ0v) is 53.6. The van der Waals surface area contributed by atoms with Gasteiger partial charge in [0.1, 0.15) is 0 Å². The number of rotatable bonds is 68. The van der Waals surface area contributed by atoms with Gasteiger partial charge in [-0.3, -0.25) is 9.59 Å². The van der Waals surface area contributed by atoms with Crippen LogP contribution in [-0.4, -0.2) is 47.4 Å². The van der Waals surface area contributed by atoms with E-state index in [1.165, 1.54) is 340 Å². The normalized spacial score (nSPS) is 12.6. The Morgan fingerprint density at radius 2 is 0.595 bits per heavy atom. The molecular weight excluding hydrogens is 971 g/mol. The van der Waals surface area contributed by atoms with E-state index in [1.807, 2.05) is 6.08 Å². The molecule has 0 aliphatic carbocycles. The number of allylic oxidation sites excluding steroid dienone is 3. The Bertz CT molecular complexity index is 1230. The first-order chi connectivity index (χ1) is 39.0. The molecule has 0 aromatic rings. The number of ether oxygens (including phenoxy) is 1. The van der Waals surface area contributed by atoms with Crippen molar-refractivity contribution >= 4 is 11.9 Å². The van der Waals surface area contributed by atoms with Crippen molar-refractivity contribution in [1.82, 2.24) is 5.32 Å². The first-order valence-electron chi connectivity index (χ1n) is 36.1. The second-order valence-electron chi connectivity index (χ2n) is 24.9. The molecule has 2 atom stereocenters. The van der Waals surface area contributed by atoms with E-state index in [4.69, 9.17) is 4.74 Å². The molecular formula is C73H141NO5. The molecule has 79 heavy (non-hydrogen) atoms. The molecule has 468 valence electrons. The third-order valence-electron chi connectivity index (χ3n) is 17.0. The maximum absolute atomic E-state index is 12.5. The lowest BCUT2D eigenvalue weighted by Gasteiger charge is -2.20. The van der Waals surface area contributed by atoms with Gasteiger partial charge in [-0.1, -0.05) is 359 Å². The van der Waals surface area contributed by atoms with Crippen LogP contribution in [0, 0.1) is 0 Å². The lowest BCUT2D eigenvalue weighted by molar-refractivity contribution is -0.143. The summed E-state index contributed by atoms with van der Waals surface area (Å²) in [7, 11) is 0. The minimum atomic E-state index is -0.842. The second kappa shape index (κ2) is 68.8. The van der Waals surface area contributed by atoms with E-state index in [1.54, 1.807) is 6.08 Å². The number of carbonyl (C=O) groups is 2. The van der Waals surface area contributed by atoms with E-state index in [-0.39, 0.29) is 18.5 Å². The first kappa shape index (κ1) is 77.3. The minimum absolute atomic E-state index is 0.0223. The number of aliphatic hydroxyl groups is 2. The van der Waals surface area contributed by atoms with Gasteiger partial charge in [0, 0.05) is 12.8 Å². The molecule has 6 heteroatoms. The smallest absolute Gasteiger partial charge is 0.305 e. The molecule has 0 heterocycles. The van der Waals surface area contributed by atoms with Gasteiger partial charge in [0.05, 0.1) is 25.4 Å². The van der Waals surface area contributed by atoms with Crippen molar-refractivity contribution < 1.29 is 24.5 Å². The fraction of sp³-hybridized carbons (Fsp3) is 0.918. The highest BCUT2D eigenvalue weighted by Gasteiger charge is 2.18. The number of aliphatic hydroxyl groups excluding tert-OH is 2. The molecule has 2 unspecified atom stereocenters. The van der Waals surface area contributed by atoms with Crippen molar-refractivity contribution in [3.63, 3.8) is 0 Å². The SMILES string of the molecule is CCCCCCCCCCCCC/C=C/C(O)C(CO)NC(=O)CCCCCCCCCCCCCCCC/C=C\CCCCCCCCCCCCCCOC(=O)CCCCCCCCCCCCCCCCCCCCC. The topological polar surface area (TPSA) is 95.9 Å². The number of hydrogen-bond donors (Lipinski definition) is 3. The molecule has 0 radical (unpaired) electrons. The monoisotopic (exact) mass is 1110 g/mol. The van der Waals surface area contributed by atoms with Gasteiger partial charge in [0.25, 0.3) is 0 Å². The number of esters is 1. The van der Waals surface area contributed by atoms with E-state index in [0.717, 1.165) is 38.5 Å². The van der Waals surface area contributed by atoms with E-state index in [2.05, 4.69) is 31.3 Å². The van der Waals surface area contributed by atoms with Crippen LogP contribution in [0.2, 0.25) is 0 Å². The highest BCUT2D eigenvalue weighted by Crippen LogP contribution is 2.19. The van der Waals surface area contributed by atoms with Crippen LogP contribution in [-0.2, 0) is 14.3 Å². The summed E-state index contributed by atoms with van der Waals surface area (Å²) in [6.07, 6.45) is 87.0. The van der Waals surface area contributed by atoms with Gasteiger partial charge >= 0.3 is 5.97 Å². The largest absolute Gasteiger partial charge is 0.466 e. The van der Waals surface area contributed by atoms with E-state index >= 15 is 0 Å². The molecule has 0 rings (SSSR count). The number of carbonyl (C=O) groups excluding carboxylic acids is 2. The summed E-state index contributed by atoms with van der Waals surface area (Å²) in [4.78, 5) is 24.6. The van der Waals surface area contributed by atoms with E-state index in [0.29, 0.717) is 19.4 Å². The van der Waals surface area contributed by atoms with Crippen molar-refractivity contribution in [1.29, 1.82) is 0 Å². The Morgan fingerprint density at radius 1 is 0.342 bits per heavy atom. The van der Waals surface area contributed by atoms with Crippen LogP contribution < -0.4 is 5.32 Å². The van der Waals surface area contributed by atoms with Gasteiger partial charge in [0.15, 0.2) is 0 Å². The Balaban J connectivity index is 3.34. The third kappa shape index (κ3) is 65.4. The molecule has 0 saturated carbocycles. The average Bonchev–Trinajstić information content (AvgIpc) is 3.45. The molecule has 0 aliphatic rings. The fourth-order valence-electron chi connectivity index (χ4n) is 11.5. The van der Waals surface area contributed by atoms with Crippen molar-refractivity contribution in [3.05, 3.63) is 24.3 Å². The molecule has 6 nitrogen and oxygen atoms in total. The standard InChI is InChI=1S/C73H141NO5/c1-3-5-7-9-11-13-15-17-18-19-32-36-39-43-47-51-55-59-63-67-73(78)79-68-64-60-56-52-48-44-40-37-34-31-29-27-25-23-21-20-22-24-26-28-30-33-35-38-42-46-50-54-58-62-66-72(77)74-70(69-75)71(76)65-61-57-53-49-45-41-16-14-12-10-8-6-4-2/h21,23,61,65,70-71,75-76H,3-20,22,24-60,62-64,66-69H2,1-2H3,(H,74,77)/b23-21-,65-61+. The molecule has 0 fully saturated rings. The zero-order valence-electron chi connectivity index (χ0n) is 53.6. The average molecular weight is 1110 g/mol. The van der Waals surface area contributed by atoms with Gasteiger partial charge in [-0.2, -0.15) is 0 Å². The van der Waals surface area contributed by atoms with Crippen LogP contribution in [0.3, 0.4) is 0 Å². The Kier molecular flexibility index (Phi) is 67.4. The van der Waals surface area contributed by atoms with Crippen LogP contribution in [0.4, 0.5) is 0 Å². The minimum Gasteiger partial charge on any atom is -0.466 e. The van der Waals surface area contributed by atoms with Crippen LogP contribution in [0.25, 0.3) is 0 Å². The van der Waals surface area contributed by atoms with Crippen molar-refractivity contribution in [3.8, 4) is 0 Å². The predicted molar refractivity (Wildman–Crippen MR) is 347 cm³/mol. The lowest BCUT2D eigenvalue weighted by atomic mass is 10.0. The van der Waals surface area contributed by atoms with Crippen molar-refractivity contribution in [2.75, 3.05) is 13.2 Å². The van der Waals surface area contributed by atoms with Crippen LogP contribution in [0.5, 0.6) is 0 Å². The molecule has 0 aromatic heterocycles. The van der Waals surface area contributed by atoms with E-state index in [9.17, 15) is 19.8 Å². The number of unbranched alkanes of at least 4 members (excludes halogenated alkanes) is 55. The maximum atomic E-state index is 12.5. The highest BCUT2D eigenvalue weighted by atomic mass is 16.5. The van der Waals surface area contributed by atoms with Gasteiger partial charge in [-0.25, -0.2) is 0 Å². The molecule has 3 N–H and O–H groups in total. The summed E-state index contributed by atoms with van der Waals surface area (Å²) in [5, 5.41) is 23.1. The van der Waals surface area contributed by atoms with Crippen LogP contribution in [0.15, 0.2) is 24.3 Å². The first-order valence-corrected chi connectivity index (χ1v) is 36.1. The van der Waals surface area contributed by atoms with Gasteiger partial charge in [-0.05, 0) is 57.8 Å². The molecule has 1 amide bonds. The zero-order chi connectivity index (χ0) is 57.1.